The standard InChI is InChI=1S/C15H15ClN2O2S/c16-13-6-5-11(10-17)9-15(13)21(19,20)18-8-7-12-3-1-2-4-14(12)18/h1-6,9H,7-8,10,17H2. The van der Waals surface area contributed by atoms with Crippen molar-refractivity contribution in [2.24, 2.45) is 5.73 Å². The van der Waals surface area contributed by atoms with Gasteiger partial charge in [-0.05, 0) is 35.7 Å². The third-order valence-electron chi connectivity index (χ3n) is 3.64. The van der Waals surface area contributed by atoms with Gasteiger partial charge in [-0.25, -0.2) is 8.42 Å². The molecule has 6 heteroatoms. The summed E-state index contributed by atoms with van der Waals surface area (Å²) in [6, 6.07) is 12.4. The van der Waals surface area contributed by atoms with E-state index < -0.39 is 10.0 Å². The van der Waals surface area contributed by atoms with Crippen LogP contribution in [-0.4, -0.2) is 15.0 Å². The molecule has 2 aromatic rings. The van der Waals surface area contributed by atoms with Gasteiger partial charge in [0.1, 0.15) is 4.90 Å². The molecule has 0 saturated heterocycles. The maximum atomic E-state index is 12.9. The number of hydrogen-bond acceptors (Lipinski definition) is 3. The summed E-state index contributed by atoms with van der Waals surface area (Å²) >= 11 is 6.10. The maximum Gasteiger partial charge on any atom is 0.265 e. The van der Waals surface area contributed by atoms with Crippen LogP contribution in [0.25, 0.3) is 0 Å². The average molecular weight is 323 g/mol. The minimum Gasteiger partial charge on any atom is -0.326 e. The van der Waals surface area contributed by atoms with Crippen LogP contribution in [0.3, 0.4) is 0 Å². The Labute approximate surface area is 129 Å². The Morgan fingerprint density at radius 2 is 1.95 bits per heavy atom. The van der Waals surface area contributed by atoms with Crippen LogP contribution in [-0.2, 0) is 23.0 Å². The third-order valence-corrected chi connectivity index (χ3v) is 5.94. The van der Waals surface area contributed by atoms with Crippen molar-refractivity contribution in [2.75, 3.05) is 10.8 Å². The first kappa shape index (κ1) is 14.4. The van der Waals surface area contributed by atoms with Crippen LogP contribution in [0.2, 0.25) is 5.02 Å². The van der Waals surface area contributed by atoms with Gasteiger partial charge in [0, 0.05) is 13.1 Å². The summed E-state index contributed by atoms with van der Waals surface area (Å²) in [6.45, 7) is 0.709. The van der Waals surface area contributed by atoms with Crippen molar-refractivity contribution < 1.29 is 8.42 Å². The Bertz CT molecular complexity index is 790. The number of nitrogens with two attached hydrogens (primary N) is 1. The van der Waals surface area contributed by atoms with Gasteiger partial charge in [0.2, 0.25) is 0 Å². The molecule has 0 unspecified atom stereocenters. The smallest absolute Gasteiger partial charge is 0.265 e. The molecule has 2 aromatic carbocycles. The molecule has 0 saturated carbocycles. The molecular weight excluding hydrogens is 308 g/mol. The quantitative estimate of drug-likeness (QED) is 0.944. The third kappa shape index (κ3) is 2.41. The fourth-order valence-corrected chi connectivity index (χ4v) is 4.58. The Balaban J connectivity index is 2.10. The Kier molecular flexibility index (Phi) is 3.65. The van der Waals surface area contributed by atoms with E-state index in [4.69, 9.17) is 17.3 Å². The maximum absolute atomic E-state index is 12.9. The number of benzene rings is 2. The molecule has 1 aliphatic heterocycles. The van der Waals surface area contributed by atoms with Crippen LogP contribution in [0.4, 0.5) is 5.69 Å². The van der Waals surface area contributed by atoms with Crippen molar-refractivity contribution in [2.45, 2.75) is 17.9 Å². The molecule has 0 aromatic heterocycles. The van der Waals surface area contributed by atoms with E-state index in [1.54, 1.807) is 18.2 Å². The van der Waals surface area contributed by atoms with Crippen LogP contribution >= 0.6 is 11.6 Å². The predicted octanol–water partition coefficient (Wildman–Crippen LogP) is 2.55. The van der Waals surface area contributed by atoms with Gasteiger partial charge in [-0.1, -0.05) is 35.9 Å². The van der Waals surface area contributed by atoms with E-state index in [1.807, 2.05) is 24.3 Å². The van der Waals surface area contributed by atoms with E-state index in [2.05, 4.69) is 0 Å². The van der Waals surface area contributed by atoms with E-state index in [0.29, 0.717) is 13.0 Å². The molecule has 0 fully saturated rings. The molecule has 2 N–H and O–H groups in total. The van der Waals surface area contributed by atoms with E-state index >= 15 is 0 Å². The fourth-order valence-electron chi connectivity index (χ4n) is 2.55. The highest BCUT2D eigenvalue weighted by Crippen LogP contribution is 2.35. The molecule has 21 heavy (non-hydrogen) atoms. The summed E-state index contributed by atoms with van der Waals surface area (Å²) < 4.78 is 27.2. The van der Waals surface area contributed by atoms with E-state index in [-0.39, 0.29) is 16.5 Å². The number of anilines is 1. The molecule has 0 atom stereocenters. The molecule has 1 heterocycles. The first-order valence-electron chi connectivity index (χ1n) is 6.63. The molecule has 4 nitrogen and oxygen atoms in total. The van der Waals surface area contributed by atoms with Crippen molar-refractivity contribution in [1.82, 2.24) is 0 Å². The van der Waals surface area contributed by atoms with Gasteiger partial charge in [0.05, 0.1) is 10.7 Å². The highest BCUT2D eigenvalue weighted by molar-refractivity contribution is 7.93. The summed E-state index contributed by atoms with van der Waals surface area (Å²) in [5.41, 5.74) is 8.09. The van der Waals surface area contributed by atoms with Crippen molar-refractivity contribution in [3.63, 3.8) is 0 Å². The average Bonchev–Trinajstić information content (AvgIpc) is 2.92. The fraction of sp³-hybridized carbons (Fsp3) is 0.200. The van der Waals surface area contributed by atoms with Crippen molar-refractivity contribution in [3.05, 3.63) is 58.6 Å². The van der Waals surface area contributed by atoms with Gasteiger partial charge in [-0.15, -0.1) is 0 Å². The zero-order valence-corrected chi connectivity index (χ0v) is 12.9. The molecule has 0 radical (unpaired) electrons. The normalized spacial score (nSPS) is 14.3. The Morgan fingerprint density at radius 1 is 1.19 bits per heavy atom. The summed E-state index contributed by atoms with van der Waals surface area (Å²) in [5, 5.41) is 0.219. The van der Waals surface area contributed by atoms with Crippen LogP contribution in [0.5, 0.6) is 0 Å². The number of hydrogen-bond donors (Lipinski definition) is 1. The minimum absolute atomic E-state index is 0.115. The topological polar surface area (TPSA) is 63.4 Å². The van der Waals surface area contributed by atoms with Gasteiger partial charge < -0.3 is 5.73 Å². The molecule has 0 amide bonds. The Morgan fingerprint density at radius 3 is 2.71 bits per heavy atom. The second-order valence-electron chi connectivity index (χ2n) is 4.92. The SMILES string of the molecule is NCc1ccc(Cl)c(S(=O)(=O)N2CCc3ccccc32)c1. The lowest BCUT2D eigenvalue weighted by atomic mass is 10.2. The van der Waals surface area contributed by atoms with Gasteiger partial charge in [0.25, 0.3) is 10.0 Å². The van der Waals surface area contributed by atoms with Gasteiger partial charge in [-0.3, -0.25) is 4.31 Å². The highest BCUT2D eigenvalue weighted by Gasteiger charge is 2.32. The lowest BCUT2D eigenvalue weighted by molar-refractivity contribution is 0.592. The number of fused-ring (bicyclic) bond motifs is 1. The summed E-state index contributed by atoms with van der Waals surface area (Å²) in [7, 11) is -3.67. The second kappa shape index (κ2) is 5.33. The number of halogens is 1. The lowest BCUT2D eigenvalue weighted by Crippen LogP contribution is -2.29. The second-order valence-corrected chi connectivity index (χ2v) is 7.16. The molecule has 0 spiro atoms. The number of sulfonamides is 1. The van der Waals surface area contributed by atoms with Crippen molar-refractivity contribution in [3.8, 4) is 0 Å². The van der Waals surface area contributed by atoms with Crippen molar-refractivity contribution >= 4 is 27.3 Å². The predicted molar refractivity (Wildman–Crippen MR) is 84.0 cm³/mol. The van der Waals surface area contributed by atoms with Crippen LogP contribution in [0.15, 0.2) is 47.4 Å². The molecule has 110 valence electrons. The number of nitrogens with zero attached hydrogens (tertiary/aromatic N) is 1. The van der Waals surface area contributed by atoms with Gasteiger partial charge >= 0.3 is 0 Å². The zero-order valence-electron chi connectivity index (χ0n) is 11.3. The van der Waals surface area contributed by atoms with Crippen LogP contribution in [0.1, 0.15) is 11.1 Å². The first-order valence-corrected chi connectivity index (χ1v) is 8.45. The van der Waals surface area contributed by atoms with Crippen LogP contribution in [0, 0.1) is 0 Å². The molecular formula is C15H15ClN2O2S. The molecule has 0 bridgehead atoms. The Hall–Kier alpha value is -1.56. The van der Waals surface area contributed by atoms with E-state index in [9.17, 15) is 8.42 Å². The van der Waals surface area contributed by atoms with Crippen molar-refractivity contribution in [1.29, 1.82) is 0 Å². The minimum atomic E-state index is -3.67. The molecule has 0 aliphatic carbocycles. The first-order chi connectivity index (χ1) is 10.0. The summed E-state index contributed by atoms with van der Waals surface area (Å²) in [5.74, 6) is 0. The van der Waals surface area contributed by atoms with Gasteiger partial charge in [0.15, 0.2) is 0 Å². The van der Waals surface area contributed by atoms with Crippen LogP contribution < -0.4 is 10.0 Å². The van der Waals surface area contributed by atoms with E-state index in [1.165, 1.54) is 4.31 Å². The monoisotopic (exact) mass is 322 g/mol. The lowest BCUT2D eigenvalue weighted by Gasteiger charge is -2.20. The molecule has 3 rings (SSSR count). The molecule has 1 aliphatic rings. The summed E-state index contributed by atoms with van der Waals surface area (Å²) in [4.78, 5) is 0.115. The van der Waals surface area contributed by atoms with Gasteiger partial charge in [-0.2, -0.15) is 0 Å². The zero-order chi connectivity index (χ0) is 15.0. The summed E-state index contributed by atoms with van der Waals surface area (Å²) in [6.07, 6.45) is 0.712. The largest absolute Gasteiger partial charge is 0.326 e. The highest BCUT2D eigenvalue weighted by atomic mass is 35.5. The number of para-hydroxylation sites is 1. The number of rotatable bonds is 3. The van der Waals surface area contributed by atoms with E-state index in [0.717, 1.165) is 16.8 Å².